The molecule has 0 unspecified atom stereocenters. The van der Waals surface area contributed by atoms with Gasteiger partial charge in [-0.2, -0.15) is 0 Å². The van der Waals surface area contributed by atoms with E-state index in [9.17, 15) is 9.59 Å². The Labute approximate surface area is 183 Å². The van der Waals surface area contributed by atoms with Gasteiger partial charge >= 0.3 is 12.2 Å². The van der Waals surface area contributed by atoms with Crippen LogP contribution in [0.15, 0.2) is 60.7 Å². The van der Waals surface area contributed by atoms with Gasteiger partial charge in [0, 0.05) is 19.6 Å². The minimum Gasteiger partial charge on any atom is -0.445 e. The maximum atomic E-state index is 12.3. The molecule has 31 heavy (non-hydrogen) atoms. The SMILES string of the molecule is CC(C)(C)OC(=O)NCc1cccc(C2=CCN(C(=O)OCc3ccccc3)CC2)c1. The third-order valence-corrected chi connectivity index (χ3v) is 4.81. The lowest BCUT2D eigenvalue weighted by atomic mass is 9.98. The smallest absolute Gasteiger partial charge is 0.410 e. The number of amides is 2. The number of ether oxygens (including phenoxy) is 2. The molecule has 1 aliphatic rings. The summed E-state index contributed by atoms with van der Waals surface area (Å²) >= 11 is 0. The fourth-order valence-corrected chi connectivity index (χ4v) is 3.28. The zero-order valence-electron chi connectivity index (χ0n) is 18.4. The molecule has 0 spiro atoms. The molecule has 0 saturated carbocycles. The molecule has 164 valence electrons. The van der Waals surface area contributed by atoms with Crippen molar-refractivity contribution in [3.05, 3.63) is 77.4 Å². The number of alkyl carbamates (subject to hydrolysis) is 1. The topological polar surface area (TPSA) is 67.9 Å². The standard InChI is InChI=1S/C25H30N2O4/c1-25(2,3)31-23(28)26-17-20-10-7-11-22(16-20)21-12-14-27(15-13-21)24(29)30-18-19-8-5-4-6-9-19/h4-12,16H,13-15,17-18H2,1-3H3,(H,26,28). The van der Waals surface area contributed by atoms with Gasteiger partial charge in [-0.05, 0) is 55.5 Å². The summed E-state index contributed by atoms with van der Waals surface area (Å²) in [6.07, 6.45) is 2.09. The molecule has 6 nitrogen and oxygen atoms in total. The van der Waals surface area contributed by atoms with Crippen LogP contribution in [-0.2, 0) is 22.6 Å². The van der Waals surface area contributed by atoms with Gasteiger partial charge in [0.25, 0.3) is 0 Å². The maximum absolute atomic E-state index is 12.3. The number of nitrogens with one attached hydrogen (secondary N) is 1. The van der Waals surface area contributed by atoms with E-state index in [1.165, 1.54) is 5.57 Å². The first-order valence-electron chi connectivity index (χ1n) is 10.5. The predicted octanol–water partition coefficient (Wildman–Crippen LogP) is 5.14. The molecule has 6 heteroatoms. The van der Waals surface area contributed by atoms with Crippen molar-refractivity contribution in [2.24, 2.45) is 0 Å². The molecule has 0 aromatic heterocycles. The van der Waals surface area contributed by atoms with Gasteiger partial charge in [-0.15, -0.1) is 0 Å². The highest BCUT2D eigenvalue weighted by Gasteiger charge is 2.19. The summed E-state index contributed by atoms with van der Waals surface area (Å²) in [5.74, 6) is 0. The van der Waals surface area contributed by atoms with Crippen molar-refractivity contribution in [1.82, 2.24) is 10.2 Å². The highest BCUT2D eigenvalue weighted by Crippen LogP contribution is 2.24. The van der Waals surface area contributed by atoms with Gasteiger partial charge in [-0.3, -0.25) is 0 Å². The Hall–Kier alpha value is -3.28. The molecule has 2 amide bonds. The average molecular weight is 423 g/mol. The Kier molecular flexibility index (Phi) is 7.34. The lowest BCUT2D eigenvalue weighted by Crippen LogP contribution is -2.35. The highest BCUT2D eigenvalue weighted by atomic mass is 16.6. The number of hydrogen-bond donors (Lipinski definition) is 1. The summed E-state index contributed by atoms with van der Waals surface area (Å²) in [7, 11) is 0. The van der Waals surface area contributed by atoms with Gasteiger partial charge in [0.2, 0.25) is 0 Å². The van der Waals surface area contributed by atoms with Crippen molar-refractivity contribution in [2.45, 2.75) is 45.9 Å². The van der Waals surface area contributed by atoms with E-state index >= 15 is 0 Å². The van der Waals surface area contributed by atoms with E-state index in [1.54, 1.807) is 4.90 Å². The average Bonchev–Trinajstić information content (AvgIpc) is 2.76. The van der Waals surface area contributed by atoms with E-state index in [0.717, 1.165) is 23.1 Å². The first-order chi connectivity index (χ1) is 14.8. The van der Waals surface area contributed by atoms with Crippen LogP contribution in [0.3, 0.4) is 0 Å². The van der Waals surface area contributed by atoms with E-state index in [-0.39, 0.29) is 12.7 Å². The first-order valence-corrected chi connectivity index (χ1v) is 10.5. The van der Waals surface area contributed by atoms with E-state index in [1.807, 2.05) is 69.3 Å². The fourth-order valence-electron chi connectivity index (χ4n) is 3.28. The molecule has 1 aliphatic heterocycles. The van der Waals surface area contributed by atoms with Crippen LogP contribution in [0.25, 0.3) is 5.57 Å². The Morgan fingerprint density at radius 2 is 1.77 bits per heavy atom. The van der Waals surface area contributed by atoms with Crippen LogP contribution in [0.5, 0.6) is 0 Å². The predicted molar refractivity (Wildman–Crippen MR) is 120 cm³/mol. The Balaban J connectivity index is 1.52. The monoisotopic (exact) mass is 422 g/mol. The van der Waals surface area contributed by atoms with Crippen molar-refractivity contribution < 1.29 is 19.1 Å². The van der Waals surface area contributed by atoms with Crippen molar-refractivity contribution in [3.8, 4) is 0 Å². The summed E-state index contributed by atoms with van der Waals surface area (Å²) in [4.78, 5) is 25.9. The number of benzene rings is 2. The largest absolute Gasteiger partial charge is 0.445 e. The van der Waals surface area contributed by atoms with Crippen molar-refractivity contribution >= 4 is 17.8 Å². The van der Waals surface area contributed by atoms with Crippen LogP contribution >= 0.6 is 0 Å². The van der Waals surface area contributed by atoms with Gasteiger partial charge in [0.15, 0.2) is 0 Å². The molecule has 0 fully saturated rings. The van der Waals surface area contributed by atoms with Crippen molar-refractivity contribution in [2.75, 3.05) is 13.1 Å². The van der Waals surface area contributed by atoms with E-state index < -0.39 is 11.7 Å². The highest BCUT2D eigenvalue weighted by molar-refractivity contribution is 5.73. The summed E-state index contributed by atoms with van der Waals surface area (Å²) in [6.45, 7) is 7.31. The number of carbonyl (C=O) groups excluding carboxylic acids is 2. The van der Waals surface area contributed by atoms with Crippen LogP contribution in [0.4, 0.5) is 9.59 Å². The van der Waals surface area contributed by atoms with E-state index in [4.69, 9.17) is 9.47 Å². The molecule has 1 heterocycles. The molecule has 0 radical (unpaired) electrons. The molecule has 1 N–H and O–H groups in total. The van der Waals surface area contributed by atoms with E-state index in [2.05, 4.69) is 17.5 Å². The summed E-state index contributed by atoms with van der Waals surface area (Å²) in [5, 5.41) is 2.79. The molecule has 2 aromatic rings. The second kappa shape index (κ2) is 10.2. The van der Waals surface area contributed by atoms with E-state index in [0.29, 0.717) is 19.6 Å². The van der Waals surface area contributed by atoms with Crippen LogP contribution in [-0.4, -0.2) is 35.8 Å². The quantitative estimate of drug-likeness (QED) is 0.725. The summed E-state index contributed by atoms with van der Waals surface area (Å²) < 4.78 is 10.7. The zero-order valence-corrected chi connectivity index (χ0v) is 18.4. The second-order valence-electron chi connectivity index (χ2n) is 8.52. The number of hydrogen-bond acceptors (Lipinski definition) is 4. The molecular weight excluding hydrogens is 392 g/mol. The van der Waals surface area contributed by atoms with Crippen molar-refractivity contribution in [1.29, 1.82) is 0 Å². The molecule has 2 aromatic carbocycles. The number of rotatable bonds is 5. The number of carbonyl (C=O) groups is 2. The van der Waals surface area contributed by atoms with Crippen LogP contribution < -0.4 is 5.32 Å². The zero-order chi connectivity index (χ0) is 22.3. The molecular formula is C25H30N2O4. The minimum absolute atomic E-state index is 0.277. The fraction of sp³-hybridized carbons (Fsp3) is 0.360. The van der Waals surface area contributed by atoms with Gasteiger partial charge in [0.05, 0.1) is 0 Å². The lowest BCUT2D eigenvalue weighted by Gasteiger charge is -2.26. The Bertz CT molecular complexity index is 932. The van der Waals surface area contributed by atoms with Gasteiger partial charge < -0.3 is 19.7 Å². The lowest BCUT2D eigenvalue weighted by molar-refractivity contribution is 0.0523. The summed E-state index contributed by atoms with van der Waals surface area (Å²) in [6, 6.07) is 17.7. The molecule has 0 aliphatic carbocycles. The molecule has 0 atom stereocenters. The van der Waals surface area contributed by atoms with Crippen LogP contribution in [0.1, 0.15) is 43.9 Å². The molecule has 0 saturated heterocycles. The van der Waals surface area contributed by atoms with Crippen molar-refractivity contribution in [3.63, 3.8) is 0 Å². The number of nitrogens with zero attached hydrogens (tertiary/aromatic N) is 1. The normalized spacial score (nSPS) is 13.9. The van der Waals surface area contributed by atoms with Gasteiger partial charge in [-0.1, -0.05) is 54.6 Å². The molecule has 3 rings (SSSR count). The Morgan fingerprint density at radius 1 is 1.03 bits per heavy atom. The van der Waals surface area contributed by atoms with Gasteiger partial charge in [-0.25, -0.2) is 9.59 Å². The Morgan fingerprint density at radius 3 is 2.45 bits per heavy atom. The second-order valence-corrected chi connectivity index (χ2v) is 8.52. The first kappa shape index (κ1) is 22.4. The maximum Gasteiger partial charge on any atom is 0.410 e. The summed E-state index contributed by atoms with van der Waals surface area (Å²) in [5.41, 5.74) is 3.73. The molecule has 0 bridgehead atoms. The third kappa shape index (κ3) is 7.17. The van der Waals surface area contributed by atoms with Crippen LogP contribution in [0, 0.1) is 0 Å². The van der Waals surface area contributed by atoms with Crippen LogP contribution in [0.2, 0.25) is 0 Å². The minimum atomic E-state index is -0.521. The van der Waals surface area contributed by atoms with Gasteiger partial charge in [0.1, 0.15) is 12.2 Å². The third-order valence-electron chi connectivity index (χ3n) is 4.81.